The average Bonchev–Trinajstić information content (AvgIpc) is 2.35. The molecule has 0 heterocycles. The third-order valence-corrected chi connectivity index (χ3v) is 2.69. The molecule has 4 heteroatoms. The third-order valence-electron chi connectivity index (χ3n) is 2.69. The van der Waals surface area contributed by atoms with Crippen LogP contribution in [0.4, 0.5) is 0 Å². The number of carboxylic acid groups (broad SMARTS) is 1. The lowest BCUT2D eigenvalue weighted by Gasteiger charge is -2.20. The maximum absolute atomic E-state index is 10.9. The van der Waals surface area contributed by atoms with E-state index in [1.54, 1.807) is 0 Å². The van der Waals surface area contributed by atoms with Crippen molar-refractivity contribution in [3.8, 4) is 0 Å². The summed E-state index contributed by atoms with van der Waals surface area (Å²) in [6.07, 6.45) is 1.13. The van der Waals surface area contributed by atoms with E-state index in [2.05, 4.69) is 5.32 Å². The summed E-state index contributed by atoms with van der Waals surface area (Å²) in [6, 6.07) is 8.89. The highest BCUT2D eigenvalue weighted by Crippen LogP contribution is 2.04. The standard InChI is InChI=1S/C13H19NO3/c1-2-12(13(16)17)14-11(9-15)8-10-6-4-3-5-7-10/h3-7,11-12,14-15H,2,8-9H2,1H3,(H,16,17)/t11-,12?/m0/s1. The van der Waals surface area contributed by atoms with Gasteiger partial charge in [0.05, 0.1) is 6.61 Å². The molecule has 1 aromatic rings. The first-order valence-electron chi connectivity index (χ1n) is 5.81. The van der Waals surface area contributed by atoms with Gasteiger partial charge in [0, 0.05) is 6.04 Å². The minimum Gasteiger partial charge on any atom is -0.480 e. The molecule has 0 saturated heterocycles. The van der Waals surface area contributed by atoms with Gasteiger partial charge in [-0.25, -0.2) is 0 Å². The predicted molar refractivity (Wildman–Crippen MR) is 65.9 cm³/mol. The lowest BCUT2D eigenvalue weighted by Crippen LogP contribution is -2.45. The summed E-state index contributed by atoms with van der Waals surface area (Å²) in [7, 11) is 0. The fraction of sp³-hybridized carbons (Fsp3) is 0.462. The van der Waals surface area contributed by atoms with Gasteiger partial charge in [0.2, 0.25) is 0 Å². The Morgan fingerprint density at radius 2 is 2.00 bits per heavy atom. The van der Waals surface area contributed by atoms with Gasteiger partial charge in [0.25, 0.3) is 0 Å². The number of nitrogens with one attached hydrogen (secondary N) is 1. The van der Waals surface area contributed by atoms with Crippen LogP contribution in [0.2, 0.25) is 0 Å². The van der Waals surface area contributed by atoms with E-state index in [1.807, 2.05) is 37.3 Å². The van der Waals surface area contributed by atoms with Crippen LogP contribution in [0.5, 0.6) is 0 Å². The molecule has 17 heavy (non-hydrogen) atoms. The molecule has 0 spiro atoms. The second-order valence-electron chi connectivity index (χ2n) is 4.03. The van der Waals surface area contributed by atoms with Gasteiger partial charge in [-0.05, 0) is 18.4 Å². The molecule has 0 aliphatic heterocycles. The topological polar surface area (TPSA) is 69.6 Å². The summed E-state index contributed by atoms with van der Waals surface area (Å²) in [5, 5.41) is 21.1. The molecule has 94 valence electrons. The molecule has 0 fully saturated rings. The van der Waals surface area contributed by atoms with Crippen molar-refractivity contribution < 1.29 is 15.0 Å². The first-order valence-corrected chi connectivity index (χ1v) is 5.81. The van der Waals surface area contributed by atoms with E-state index in [1.165, 1.54) is 0 Å². The molecule has 1 unspecified atom stereocenters. The zero-order valence-corrected chi connectivity index (χ0v) is 9.97. The number of hydrogen-bond acceptors (Lipinski definition) is 3. The van der Waals surface area contributed by atoms with Gasteiger partial charge >= 0.3 is 5.97 Å². The van der Waals surface area contributed by atoms with E-state index in [0.29, 0.717) is 12.8 Å². The molecule has 3 N–H and O–H groups in total. The van der Waals surface area contributed by atoms with Crippen LogP contribution in [0.1, 0.15) is 18.9 Å². The van der Waals surface area contributed by atoms with Crippen molar-refractivity contribution in [2.45, 2.75) is 31.8 Å². The fourth-order valence-electron chi connectivity index (χ4n) is 1.72. The second kappa shape index (κ2) is 7.04. The van der Waals surface area contributed by atoms with Gasteiger partial charge in [-0.1, -0.05) is 37.3 Å². The van der Waals surface area contributed by atoms with E-state index < -0.39 is 12.0 Å². The van der Waals surface area contributed by atoms with Crippen molar-refractivity contribution in [2.24, 2.45) is 0 Å². The van der Waals surface area contributed by atoms with Crippen LogP contribution < -0.4 is 5.32 Å². The number of benzene rings is 1. The third kappa shape index (κ3) is 4.54. The molecule has 1 aromatic carbocycles. The summed E-state index contributed by atoms with van der Waals surface area (Å²) in [6.45, 7) is 1.74. The normalized spacial score (nSPS) is 14.2. The van der Waals surface area contributed by atoms with Crippen LogP contribution in [0, 0.1) is 0 Å². The highest BCUT2D eigenvalue weighted by Gasteiger charge is 2.19. The first kappa shape index (κ1) is 13.7. The molecule has 0 amide bonds. The zero-order chi connectivity index (χ0) is 12.7. The maximum Gasteiger partial charge on any atom is 0.320 e. The minimum atomic E-state index is -0.876. The molecule has 0 aromatic heterocycles. The number of aliphatic carboxylic acids is 1. The lowest BCUT2D eigenvalue weighted by atomic mass is 10.1. The summed E-state index contributed by atoms with van der Waals surface area (Å²) in [5.74, 6) is -0.876. The quantitative estimate of drug-likeness (QED) is 0.663. The maximum atomic E-state index is 10.9. The largest absolute Gasteiger partial charge is 0.480 e. The Morgan fingerprint density at radius 1 is 1.35 bits per heavy atom. The molecule has 0 bridgehead atoms. The van der Waals surface area contributed by atoms with Crippen molar-refractivity contribution in [2.75, 3.05) is 6.61 Å². The minimum absolute atomic E-state index is 0.0708. The van der Waals surface area contributed by atoms with E-state index >= 15 is 0 Å². The SMILES string of the molecule is CCC(N[C@H](CO)Cc1ccccc1)C(=O)O. The monoisotopic (exact) mass is 237 g/mol. The molecule has 0 aliphatic carbocycles. The van der Waals surface area contributed by atoms with E-state index in [9.17, 15) is 9.90 Å². The number of hydrogen-bond donors (Lipinski definition) is 3. The van der Waals surface area contributed by atoms with Gasteiger partial charge in [-0.2, -0.15) is 0 Å². The smallest absolute Gasteiger partial charge is 0.320 e. The molecule has 0 aliphatic rings. The van der Waals surface area contributed by atoms with Crippen molar-refractivity contribution in [1.82, 2.24) is 5.32 Å². The number of carboxylic acids is 1. The van der Waals surface area contributed by atoms with E-state index in [0.717, 1.165) is 5.56 Å². The summed E-state index contributed by atoms with van der Waals surface area (Å²) in [5.41, 5.74) is 1.08. The van der Waals surface area contributed by atoms with Crippen molar-refractivity contribution in [3.63, 3.8) is 0 Å². The van der Waals surface area contributed by atoms with Crippen LogP contribution in [0.25, 0.3) is 0 Å². The highest BCUT2D eigenvalue weighted by atomic mass is 16.4. The molecule has 0 radical (unpaired) electrons. The Balaban J connectivity index is 2.57. The van der Waals surface area contributed by atoms with Gasteiger partial charge < -0.3 is 10.2 Å². The summed E-state index contributed by atoms with van der Waals surface area (Å²) < 4.78 is 0. The van der Waals surface area contributed by atoms with Crippen LogP contribution in [-0.4, -0.2) is 34.9 Å². The Bertz CT molecular complexity index is 340. The molecular weight excluding hydrogens is 218 g/mol. The van der Waals surface area contributed by atoms with Crippen molar-refractivity contribution in [1.29, 1.82) is 0 Å². The van der Waals surface area contributed by atoms with Crippen LogP contribution in [0.15, 0.2) is 30.3 Å². The molecule has 1 rings (SSSR count). The highest BCUT2D eigenvalue weighted by molar-refractivity contribution is 5.73. The molecule has 0 saturated carbocycles. The molecule has 2 atom stereocenters. The van der Waals surface area contributed by atoms with Gasteiger partial charge in [-0.15, -0.1) is 0 Å². The zero-order valence-electron chi connectivity index (χ0n) is 9.97. The van der Waals surface area contributed by atoms with E-state index in [4.69, 9.17) is 5.11 Å². The summed E-state index contributed by atoms with van der Waals surface area (Å²) in [4.78, 5) is 10.9. The van der Waals surface area contributed by atoms with E-state index in [-0.39, 0.29) is 12.6 Å². The number of rotatable bonds is 7. The Labute approximate surface area is 101 Å². The predicted octanol–water partition coefficient (Wildman–Crippen LogP) is 1.04. The van der Waals surface area contributed by atoms with Crippen molar-refractivity contribution in [3.05, 3.63) is 35.9 Å². The number of aliphatic hydroxyl groups excluding tert-OH is 1. The van der Waals surface area contributed by atoms with Gasteiger partial charge in [-0.3, -0.25) is 10.1 Å². The van der Waals surface area contributed by atoms with Crippen LogP contribution in [-0.2, 0) is 11.2 Å². The Morgan fingerprint density at radius 3 is 2.47 bits per heavy atom. The lowest BCUT2D eigenvalue weighted by molar-refractivity contribution is -0.139. The second-order valence-corrected chi connectivity index (χ2v) is 4.03. The molecule has 4 nitrogen and oxygen atoms in total. The average molecular weight is 237 g/mol. The van der Waals surface area contributed by atoms with Gasteiger partial charge in [0.15, 0.2) is 0 Å². The summed E-state index contributed by atoms with van der Waals surface area (Å²) >= 11 is 0. The fourth-order valence-corrected chi connectivity index (χ4v) is 1.72. The van der Waals surface area contributed by atoms with Crippen LogP contribution in [0.3, 0.4) is 0 Å². The molecular formula is C13H19NO3. The van der Waals surface area contributed by atoms with Gasteiger partial charge in [0.1, 0.15) is 6.04 Å². The Kier molecular flexibility index (Phi) is 5.66. The Hall–Kier alpha value is -1.39. The van der Waals surface area contributed by atoms with Crippen molar-refractivity contribution >= 4 is 5.97 Å². The van der Waals surface area contributed by atoms with Crippen LogP contribution >= 0.6 is 0 Å². The number of aliphatic hydroxyl groups is 1. The number of carbonyl (C=O) groups is 1. The first-order chi connectivity index (χ1) is 8.17.